The Bertz CT molecular complexity index is 1530. The first kappa shape index (κ1) is 24.1. The van der Waals surface area contributed by atoms with E-state index in [0.29, 0.717) is 29.0 Å². The van der Waals surface area contributed by atoms with Gasteiger partial charge in [-0.3, -0.25) is 14.5 Å². The van der Waals surface area contributed by atoms with Crippen LogP contribution < -0.4 is 10.1 Å². The highest BCUT2D eigenvalue weighted by atomic mass is 16.5. The lowest BCUT2D eigenvalue weighted by Crippen LogP contribution is -2.39. The summed E-state index contributed by atoms with van der Waals surface area (Å²) in [6.07, 6.45) is 4.33. The fraction of sp³-hybridized carbons (Fsp3) is 0.222. The van der Waals surface area contributed by atoms with Crippen LogP contribution in [0.15, 0.2) is 73.3 Å². The van der Waals surface area contributed by atoms with E-state index in [1.54, 1.807) is 26.2 Å². The van der Waals surface area contributed by atoms with E-state index in [1.165, 1.54) is 11.2 Å². The minimum atomic E-state index is -0.753. The van der Waals surface area contributed by atoms with Gasteiger partial charge in [-0.2, -0.15) is 5.10 Å². The topological polar surface area (TPSA) is 118 Å². The Hall–Kier alpha value is -4.57. The molecule has 2 aromatic carbocycles. The number of likely N-dealkylation sites (N-methyl/N-ethyl adjacent to an activating group) is 1. The number of benzene rings is 2. The van der Waals surface area contributed by atoms with E-state index in [4.69, 9.17) is 9.84 Å². The fourth-order valence-electron chi connectivity index (χ4n) is 4.16. The number of carbonyl (C=O) groups is 1. The van der Waals surface area contributed by atoms with Gasteiger partial charge in [-0.1, -0.05) is 12.1 Å². The lowest BCUT2D eigenvalue weighted by atomic mass is 10.2. The molecule has 188 valence electrons. The molecule has 1 atom stereocenters. The third-order valence-corrected chi connectivity index (χ3v) is 6.03. The zero-order valence-corrected chi connectivity index (χ0v) is 20.6. The van der Waals surface area contributed by atoms with Crippen molar-refractivity contribution in [1.82, 2.24) is 29.6 Å². The van der Waals surface area contributed by atoms with Crippen LogP contribution in [0.25, 0.3) is 21.8 Å². The molecule has 0 unspecified atom stereocenters. The SMILES string of the molecule is C[C@@H](Oc1cccc2ncnc(Nc3ccc4c(cnn4Cc4ccccn4)c3)c12)C(=O)N(C)CCO. The molecule has 0 aliphatic carbocycles. The molecular formula is C27H27N7O3. The summed E-state index contributed by atoms with van der Waals surface area (Å²) in [5.41, 5.74) is 3.44. The average molecular weight is 498 g/mol. The van der Waals surface area contributed by atoms with Crippen molar-refractivity contribution in [2.75, 3.05) is 25.5 Å². The summed E-state index contributed by atoms with van der Waals surface area (Å²) in [7, 11) is 1.63. The van der Waals surface area contributed by atoms with Gasteiger partial charge in [0.25, 0.3) is 5.91 Å². The van der Waals surface area contributed by atoms with Gasteiger partial charge in [0.15, 0.2) is 6.10 Å². The van der Waals surface area contributed by atoms with Gasteiger partial charge in [-0.25, -0.2) is 9.97 Å². The molecule has 10 nitrogen and oxygen atoms in total. The number of amides is 1. The number of rotatable bonds is 9. The zero-order chi connectivity index (χ0) is 25.8. The molecule has 3 heterocycles. The zero-order valence-electron chi connectivity index (χ0n) is 20.6. The van der Waals surface area contributed by atoms with Crippen LogP contribution in [-0.2, 0) is 11.3 Å². The Morgan fingerprint density at radius 2 is 2.03 bits per heavy atom. The predicted octanol–water partition coefficient (Wildman–Crippen LogP) is 3.38. The number of carbonyl (C=O) groups excluding carboxylic acids is 1. The van der Waals surface area contributed by atoms with E-state index in [2.05, 4.69) is 25.4 Å². The minimum absolute atomic E-state index is 0.114. The Kier molecular flexibility index (Phi) is 6.91. The maximum atomic E-state index is 12.6. The molecule has 0 aliphatic rings. The van der Waals surface area contributed by atoms with Crippen LogP contribution in [0.3, 0.4) is 0 Å². The van der Waals surface area contributed by atoms with E-state index in [0.717, 1.165) is 22.3 Å². The van der Waals surface area contributed by atoms with Crippen molar-refractivity contribution in [1.29, 1.82) is 0 Å². The number of aliphatic hydroxyl groups excluding tert-OH is 1. The molecule has 0 fully saturated rings. The van der Waals surface area contributed by atoms with Crippen molar-refractivity contribution in [2.24, 2.45) is 0 Å². The summed E-state index contributed by atoms with van der Waals surface area (Å²) < 4.78 is 7.97. The fourth-order valence-corrected chi connectivity index (χ4v) is 4.16. The van der Waals surface area contributed by atoms with Crippen molar-refractivity contribution in [3.8, 4) is 5.75 Å². The molecular weight excluding hydrogens is 470 g/mol. The molecule has 0 radical (unpaired) electrons. The summed E-state index contributed by atoms with van der Waals surface area (Å²) in [4.78, 5) is 27.3. The highest BCUT2D eigenvalue weighted by Gasteiger charge is 2.21. The molecule has 0 aliphatic heterocycles. The summed E-state index contributed by atoms with van der Waals surface area (Å²) >= 11 is 0. The average Bonchev–Trinajstić information content (AvgIpc) is 3.31. The second-order valence-corrected chi connectivity index (χ2v) is 8.64. The summed E-state index contributed by atoms with van der Waals surface area (Å²) in [6.45, 7) is 2.39. The number of hydrogen-bond donors (Lipinski definition) is 2. The molecule has 3 aromatic heterocycles. The number of hydrogen-bond acceptors (Lipinski definition) is 8. The van der Waals surface area contributed by atoms with E-state index in [1.807, 2.05) is 59.4 Å². The van der Waals surface area contributed by atoms with Crippen LogP contribution >= 0.6 is 0 Å². The monoisotopic (exact) mass is 497 g/mol. The van der Waals surface area contributed by atoms with E-state index in [9.17, 15) is 4.79 Å². The summed E-state index contributed by atoms with van der Waals surface area (Å²) in [5, 5.41) is 18.7. The van der Waals surface area contributed by atoms with Crippen LogP contribution in [0.1, 0.15) is 12.6 Å². The molecule has 37 heavy (non-hydrogen) atoms. The van der Waals surface area contributed by atoms with Crippen molar-refractivity contribution >= 4 is 39.2 Å². The smallest absolute Gasteiger partial charge is 0.263 e. The van der Waals surface area contributed by atoms with Crippen molar-refractivity contribution < 1.29 is 14.6 Å². The summed E-state index contributed by atoms with van der Waals surface area (Å²) in [6, 6.07) is 17.3. The maximum absolute atomic E-state index is 12.6. The minimum Gasteiger partial charge on any atom is -0.480 e. The number of aliphatic hydroxyl groups is 1. The number of anilines is 2. The highest BCUT2D eigenvalue weighted by molar-refractivity contribution is 5.96. The standard InChI is InChI=1S/C27H27N7O3/c1-18(27(36)33(2)12-13-35)37-24-8-5-7-22-25(24)26(30-17-29-22)32-20-9-10-23-19(14-20)15-31-34(23)16-21-6-3-4-11-28-21/h3-11,14-15,17-18,35H,12-13,16H2,1-2H3,(H,29,30,32)/t18-/m1/s1. The Balaban J connectivity index is 1.42. The van der Waals surface area contributed by atoms with Crippen LogP contribution in [0.2, 0.25) is 0 Å². The Morgan fingerprint density at radius 1 is 1.14 bits per heavy atom. The van der Waals surface area contributed by atoms with Crippen molar-refractivity contribution in [3.05, 3.63) is 79.0 Å². The van der Waals surface area contributed by atoms with Crippen LogP contribution in [0.4, 0.5) is 11.5 Å². The van der Waals surface area contributed by atoms with Gasteiger partial charge in [-0.05, 0) is 49.4 Å². The van der Waals surface area contributed by atoms with Crippen LogP contribution in [0.5, 0.6) is 5.75 Å². The van der Waals surface area contributed by atoms with E-state index >= 15 is 0 Å². The van der Waals surface area contributed by atoms with Crippen LogP contribution in [-0.4, -0.2) is 66.9 Å². The van der Waals surface area contributed by atoms with Gasteiger partial charge in [0, 0.05) is 30.9 Å². The number of ether oxygens (including phenoxy) is 1. The molecule has 0 saturated carbocycles. The lowest BCUT2D eigenvalue weighted by Gasteiger charge is -2.22. The predicted molar refractivity (Wildman–Crippen MR) is 141 cm³/mol. The Labute approximate surface area is 213 Å². The molecule has 2 N–H and O–H groups in total. The highest BCUT2D eigenvalue weighted by Crippen LogP contribution is 2.33. The summed E-state index contributed by atoms with van der Waals surface area (Å²) in [5.74, 6) is 0.817. The van der Waals surface area contributed by atoms with Gasteiger partial charge in [0.2, 0.25) is 0 Å². The molecule has 5 rings (SSSR count). The van der Waals surface area contributed by atoms with Gasteiger partial charge in [-0.15, -0.1) is 0 Å². The van der Waals surface area contributed by atoms with Gasteiger partial charge in [0.1, 0.15) is 17.9 Å². The second-order valence-electron chi connectivity index (χ2n) is 8.64. The van der Waals surface area contributed by atoms with Crippen molar-refractivity contribution in [2.45, 2.75) is 19.6 Å². The molecule has 10 heteroatoms. The third kappa shape index (κ3) is 5.19. The number of aromatic nitrogens is 5. The Morgan fingerprint density at radius 3 is 2.84 bits per heavy atom. The first-order valence-corrected chi connectivity index (χ1v) is 11.9. The second kappa shape index (κ2) is 10.6. The molecule has 0 saturated heterocycles. The van der Waals surface area contributed by atoms with Gasteiger partial charge < -0.3 is 20.1 Å². The molecule has 5 aromatic rings. The first-order valence-electron chi connectivity index (χ1n) is 11.9. The number of nitrogens with zero attached hydrogens (tertiary/aromatic N) is 6. The largest absolute Gasteiger partial charge is 0.480 e. The van der Waals surface area contributed by atoms with Crippen molar-refractivity contribution in [3.63, 3.8) is 0 Å². The van der Waals surface area contributed by atoms with Gasteiger partial charge in [0.05, 0.1) is 41.5 Å². The lowest BCUT2D eigenvalue weighted by molar-refractivity contribution is -0.136. The number of nitrogens with one attached hydrogen (secondary N) is 1. The molecule has 1 amide bonds. The quantitative estimate of drug-likeness (QED) is 0.318. The number of pyridine rings is 1. The van der Waals surface area contributed by atoms with Gasteiger partial charge >= 0.3 is 0 Å². The third-order valence-electron chi connectivity index (χ3n) is 6.03. The molecule has 0 bridgehead atoms. The number of fused-ring (bicyclic) bond motifs is 2. The van der Waals surface area contributed by atoms with E-state index in [-0.39, 0.29) is 19.1 Å². The maximum Gasteiger partial charge on any atom is 0.263 e. The normalized spacial score (nSPS) is 12.0. The van der Waals surface area contributed by atoms with Crippen LogP contribution in [0, 0.1) is 0 Å². The first-order chi connectivity index (χ1) is 18.0. The molecule has 0 spiro atoms. The van der Waals surface area contributed by atoms with E-state index < -0.39 is 6.10 Å².